The molecule has 0 atom stereocenters. The van der Waals surface area contributed by atoms with Crippen molar-refractivity contribution in [3.05, 3.63) is 5.01 Å². The van der Waals surface area contributed by atoms with Gasteiger partial charge in [-0.1, -0.05) is 25.2 Å². The van der Waals surface area contributed by atoms with E-state index in [2.05, 4.69) is 34.7 Å². The molecule has 0 spiro atoms. The van der Waals surface area contributed by atoms with Crippen LogP contribution in [0.15, 0.2) is 0 Å². The third kappa shape index (κ3) is 3.44. The summed E-state index contributed by atoms with van der Waals surface area (Å²) in [6.45, 7) is 6.87. The normalized spacial score (nSPS) is 10.5. The van der Waals surface area contributed by atoms with Crippen molar-refractivity contribution in [1.29, 1.82) is 0 Å². The Morgan fingerprint density at radius 3 is 2.56 bits per heavy atom. The van der Waals surface area contributed by atoms with Crippen molar-refractivity contribution in [1.82, 2.24) is 15.5 Å². The van der Waals surface area contributed by atoms with Crippen LogP contribution in [-0.2, 0) is 0 Å². The van der Waals surface area contributed by atoms with E-state index in [9.17, 15) is 4.79 Å². The van der Waals surface area contributed by atoms with Gasteiger partial charge in [0, 0.05) is 12.6 Å². The van der Waals surface area contributed by atoms with Gasteiger partial charge in [0.1, 0.15) is 0 Å². The summed E-state index contributed by atoms with van der Waals surface area (Å²) in [5.74, 6) is -0.129. The van der Waals surface area contributed by atoms with Crippen molar-refractivity contribution in [2.24, 2.45) is 0 Å². The average molecular weight is 242 g/mol. The van der Waals surface area contributed by atoms with E-state index in [1.807, 2.05) is 6.92 Å². The molecule has 1 heterocycles. The molecule has 0 saturated heterocycles. The Labute approximate surface area is 99.7 Å². The highest BCUT2D eigenvalue weighted by molar-refractivity contribution is 7.17. The van der Waals surface area contributed by atoms with Gasteiger partial charge in [-0.25, -0.2) is 0 Å². The van der Waals surface area contributed by atoms with Crippen molar-refractivity contribution in [3.8, 4) is 0 Å². The van der Waals surface area contributed by atoms with Crippen molar-refractivity contribution in [2.75, 3.05) is 11.9 Å². The summed E-state index contributed by atoms with van der Waals surface area (Å²) in [7, 11) is 0. The maximum absolute atomic E-state index is 11.8. The van der Waals surface area contributed by atoms with Gasteiger partial charge >= 0.3 is 0 Å². The first-order chi connectivity index (χ1) is 7.71. The quantitative estimate of drug-likeness (QED) is 0.799. The fraction of sp³-hybridized carbons (Fsp3) is 0.700. The van der Waals surface area contributed by atoms with E-state index in [0.717, 1.165) is 19.4 Å². The molecule has 90 valence electrons. The molecule has 0 aliphatic heterocycles. The molecule has 1 rings (SSSR count). The second-order valence-electron chi connectivity index (χ2n) is 3.43. The number of carbonyl (C=O) groups excluding carboxylic acids is 1. The molecule has 0 aliphatic carbocycles. The Morgan fingerprint density at radius 2 is 2.00 bits per heavy atom. The average Bonchev–Trinajstić information content (AvgIpc) is 2.74. The third-order valence-electron chi connectivity index (χ3n) is 2.27. The minimum atomic E-state index is -0.129. The van der Waals surface area contributed by atoms with E-state index >= 15 is 0 Å². The molecule has 2 N–H and O–H groups in total. The van der Waals surface area contributed by atoms with Crippen LogP contribution in [0.4, 0.5) is 5.13 Å². The molecule has 6 heteroatoms. The number of nitrogens with one attached hydrogen (secondary N) is 2. The lowest BCUT2D eigenvalue weighted by atomic mass is 10.2. The van der Waals surface area contributed by atoms with Crippen molar-refractivity contribution in [3.63, 3.8) is 0 Å². The van der Waals surface area contributed by atoms with E-state index in [4.69, 9.17) is 0 Å². The van der Waals surface area contributed by atoms with Crippen LogP contribution < -0.4 is 10.6 Å². The Kier molecular flexibility index (Phi) is 5.18. The standard InChI is InChI=1S/C10H18N4OS/c1-4-7(5-2)12-8(15)9-13-14-10(16-9)11-6-3/h7H,4-6H2,1-3H3,(H,11,14)(H,12,15). The molecule has 1 amide bonds. The Hall–Kier alpha value is -1.17. The van der Waals surface area contributed by atoms with Crippen LogP contribution >= 0.6 is 11.3 Å². The molecule has 0 fully saturated rings. The number of amides is 1. The van der Waals surface area contributed by atoms with Crippen LogP contribution in [0.25, 0.3) is 0 Å². The van der Waals surface area contributed by atoms with E-state index in [1.54, 1.807) is 0 Å². The number of anilines is 1. The van der Waals surface area contributed by atoms with Crippen LogP contribution in [0.3, 0.4) is 0 Å². The molecule has 16 heavy (non-hydrogen) atoms. The number of hydrogen-bond donors (Lipinski definition) is 2. The smallest absolute Gasteiger partial charge is 0.282 e. The summed E-state index contributed by atoms with van der Waals surface area (Å²) < 4.78 is 0. The highest BCUT2D eigenvalue weighted by Crippen LogP contribution is 2.14. The molecule has 0 bridgehead atoms. The lowest BCUT2D eigenvalue weighted by molar-refractivity contribution is 0.0934. The molecule has 0 aliphatic rings. The molecule has 0 unspecified atom stereocenters. The van der Waals surface area contributed by atoms with Gasteiger partial charge in [-0.3, -0.25) is 4.79 Å². The van der Waals surface area contributed by atoms with Gasteiger partial charge in [-0.2, -0.15) is 0 Å². The lowest BCUT2D eigenvalue weighted by Gasteiger charge is -2.12. The zero-order chi connectivity index (χ0) is 12.0. The molecule has 0 saturated carbocycles. The molecule has 0 aromatic carbocycles. The predicted molar refractivity (Wildman–Crippen MR) is 65.9 cm³/mol. The van der Waals surface area contributed by atoms with Crippen LogP contribution in [0, 0.1) is 0 Å². The second kappa shape index (κ2) is 6.42. The topological polar surface area (TPSA) is 66.9 Å². The first kappa shape index (κ1) is 12.9. The largest absolute Gasteiger partial charge is 0.360 e. The van der Waals surface area contributed by atoms with Gasteiger partial charge in [-0.15, -0.1) is 10.2 Å². The second-order valence-corrected chi connectivity index (χ2v) is 4.41. The van der Waals surface area contributed by atoms with E-state index < -0.39 is 0 Å². The Bertz CT molecular complexity index is 335. The van der Waals surface area contributed by atoms with Crippen LogP contribution in [0.1, 0.15) is 43.4 Å². The maximum Gasteiger partial charge on any atom is 0.282 e. The van der Waals surface area contributed by atoms with Gasteiger partial charge in [0.25, 0.3) is 5.91 Å². The van der Waals surface area contributed by atoms with E-state index in [0.29, 0.717) is 10.1 Å². The summed E-state index contributed by atoms with van der Waals surface area (Å²) in [5.41, 5.74) is 0. The number of nitrogens with zero attached hydrogens (tertiary/aromatic N) is 2. The first-order valence-corrected chi connectivity index (χ1v) is 6.41. The first-order valence-electron chi connectivity index (χ1n) is 5.59. The molecular formula is C10H18N4OS. The molecular weight excluding hydrogens is 224 g/mol. The number of carbonyl (C=O) groups is 1. The zero-order valence-electron chi connectivity index (χ0n) is 9.91. The van der Waals surface area contributed by atoms with Crippen molar-refractivity contribution < 1.29 is 4.79 Å². The summed E-state index contributed by atoms with van der Waals surface area (Å²) in [5, 5.41) is 14.8. The highest BCUT2D eigenvalue weighted by atomic mass is 32.1. The van der Waals surface area contributed by atoms with Gasteiger partial charge < -0.3 is 10.6 Å². The fourth-order valence-corrected chi connectivity index (χ4v) is 1.99. The summed E-state index contributed by atoms with van der Waals surface area (Å²) >= 11 is 1.28. The molecule has 1 aromatic rings. The zero-order valence-corrected chi connectivity index (χ0v) is 10.7. The molecule has 1 aromatic heterocycles. The Balaban J connectivity index is 2.58. The van der Waals surface area contributed by atoms with Crippen LogP contribution in [0.2, 0.25) is 0 Å². The predicted octanol–water partition coefficient (Wildman–Crippen LogP) is 1.89. The Morgan fingerprint density at radius 1 is 1.31 bits per heavy atom. The van der Waals surface area contributed by atoms with Gasteiger partial charge in [-0.05, 0) is 19.8 Å². The van der Waals surface area contributed by atoms with Crippen molar-refractivity contribution >= 4 is 22.4 Å². The SMILES string of the molecule is CCNc1nnc(C(=O)NC(CC)CC)s1. The fourth-order valence-electron chi connectivity index (χ4n) is 1.28. The van der Waals surface area contributed by atoms with Gasteiger partial charge in [0.05, 0.1) is 0 Å². The van der Waals surface area contributed by atoms with Gasteiger partial charge in [0.2, 0.25) is 10.1 Å². The molecule has 5 nitrogen and oxygen atoms in total. The maximum atomic E-state index is 11.8. The molecule has 0 radical (unpaired) electrons. The highest BCUT2D eigenvalue weighted by Gasteiger charge is 2.15. The summed E-state index contributed by atoms with van der Waals surface area (Å²) in [6.07, 6.45) is 1.86. The van der Waals surface area contributed by atoms with Crippen LogP contribution in [-0.4, -0.2) is 28.7 Å². The van der Waals surface area contributed by atoms with Gasteiger partial charge in [0.15, 0.2) is 0 Å². The minimum absolute atomic E-state index is 0.129. The number of hydrogen-bond acceptors (Lipinski definition) is 5. The monoisotopic (exact) mass is 242 g/mol. The lowest BCUT2D eigenvalue weighted by Crippen LogP contribution is -2.33. The van der Waals surface area contributed by atoms with Crippen LogP contribution in [0.5, 0.6) is 0 Å². The van der Waals surface area contributed by atoms with E-state index in [-0.39, 0.29) is 11.9 Å². The number of aromatic nitrogens is 2. The summed E-state index contributed by atoms with van der Waals surface area (Å²) in [4.78, 5) is 11.8. The van der Waals surface area contributed by atoms with E-state index in [1.165, 1.54) is 11.3 Å². The minimum Gasteiger partial charge on any atom is -0.360 e. The summed E-state index contributed by atoms with van der Waals surface area (Å²) in [6, 6.07) is 0.221. The van der Waals surface area contributed by atoms with Crippen molar-refractivity contribution in [2.45, 2.75) is 39.7 Å². The third-order valence-corrected chi connectivity index (χ3v) is 3.15. The number of rotatable bonds is 6.